The SMILES string of the molecule is CC1CC(NC(=O)Cc2csc(NC(=O)c3ccco3)n2)CC(C)(C)C1. The molecule has 2 unspecified atom stereocenters. The number of nitrogens with zero attached hydrogens (tertiary/aromatic N) is 1. The van der Waals surface area contributed by atoms with Gasteiger partial charge in [0.25, 0.3) is 5.91 Å². The second-order valence-corrected chi connectivity index (χ2v) is 8.79. The summed E-state index contributed by atoms with van der Waals surface area (Å²) in [6, 6.07) is 3.46. The summed E-state index contributed by atoms with van der Waals surface area (Å²) >= 11 is 1.30. The van der Waals surface area contributed by atoms with Gasteiger partial charge < -0.3 is 9.73 Å². The molecule has 26 heavy (non-hydrogen) atoms. The van der Waals surface area contributed by atoms with Gasteiger partial charge in [0.05, 0.1) is 18.4 Å². The molecule has 3 rings (SSSR count). The molecule has 7 heteroatoms. The zero-order valence-corrected chi connectivity index (χ0v) is 16.2. The first-order chi connectivity index (χ1) is 12.3. The standard InChI is InChI=1S/C19H25N3O3S/c1-12-7-13(10-19(2,3)9-12)20-16(23)8-14-11-26-18(21-14)22-17(24)15-5-4-6-25-15/h4-6,11-13H,7-10H2,1-3H3,(H,20,23)(H,21,22,24). The smallest absolute Gasteiger partial charge is 0.293 e. The van der Waals surface area contributed by atoms with Crippen LogP contribution in [0.2, 0.25) is 0 Å². The third-order valence-electron chi connectivity index (χ3n) is 4.61. The molecule has 6 nitrogen and oxygen atoms in total. The van der Waals surface area contributed by atoms with E-state index in [9.17, 15) is 9.59 Å². The van der Waals surface area contributed by atoms with Crippen molar-refractivity contribution in [2.45, 2.75) is 52.5 Å². The lowest BCUT2D eigenvalue weighted by Crippen LogP contribution is -2.43. The molecular weight excluding hydrogens is 350 g/mol. The van der Waals surface area contributed by atoms with E-state index in [0.717, 1.165) is 12.8 Å². The molecule has 0 spiro atoms. The Kier molecular flexibility index (Phi) is 5.46. The number of furan rings is 1. The topological polar surface area (TPSA) is 84.2 Å². The first-order valence-corrected chi connectivity index (χ1v) is 9.77. The number of thiazole rings is 1. The molecule has 1 aliphatic carbocycles. The number of hydrogen-bond donors (Lipinski definition) is 2. The van der Waals surface area contributed by atoms with Crippen molar-refractivity contribution in [1.82, 2.24) is 10.3 Å². The minimum atomic E-state index is -0.348. The lowest BCUT2D eigenvalue weighted by molar-refractivity contribution is -0.121. The maximum absolute atomic E-state index is 12.4. The van der Waals surface area contributed by atoms with Crippen LogP contribution in [-0.2, 0) is 11.2 Å². The van der Waals surface area contributed by atoms with Gasteiger partial charge >= 0.3 is 0 Å². The van der Waals surface area contributed by atoms with Crippen LogP contribution in [0.25, 0.3) is 0 Å². The normalized spacial score (nSPS) is 22.0. The fourth-order valence-corrected chi connectivity index (χ4v) is 4.62. The number of rotatable bonds is 5. The van der Waals surface area contributed by atoms with Crippen LogP contribution in [0.5, 0.6) is 0 Å². The second-order valence-electron chi connectivity index (χ2n) is 7.93. The van der Waals surface area contributed by atoms with Gasteiger partial charge in [-0.2, -0.15) is 0 Å². The van der Waals surface area contributed by atoms with Gasteiger partial charge in [-0.1, -0.05) is 20.8 Å². The summed E-state index contributed by atoms with van der Waals surface area (Å²) in [6.45, 7) is 6.76. The van der Waals surface area contributed by atoms with Crippen LogP contribution in [0.3, 0.4) is 0 Å². The summed E-state index contributed by atoms with van der Waals surface area (Å²) in [7, 11) is 0. The van der Waals surface area contributed by atoms with Gasteiger partial charge in [0.2, 0.25) is 5.91 Å². The number of carbonyl (C=O) groups excluding carboxylic acids is 2. The highest BCUT2D eigenvalue weighted by Gasteiger charge is 2.32. The molecule has 2 atom stereocenters. The molecule has 1 aliphatic rings. The van der Waals surface area contributed by atoms with Gasteiger partial charge in [0, 0.05) is 11.4 Å². The van der Waals surface area contributed by atoms with E-state index in [-0.39, 0.29) is 35.5 Å². The third-order valence-corrected chi connectivity index (χ3v) is 5.42. The lowest BCUT2D eigenvalue weighted by atomic mass is 9.70. The van der Waals surface area contributed by atoms with Gasteiger partial charge in [-0.3, -0.25) is 14.9 Å². The molecule has 0 aromatic carbocycles. The zero-order valence-electron chi connectivity index (χ0n) is 15.4. The Balaban J connectivity index is 1.52. The van der Waals surface area contributed by atoms with Gasteiger partial charge in [-0.25, -0.2) is 4.98 Å². The predicted molar refractivity (Wildman–Crippen MR) is 101 cm³/mol. The maximum Gasteiger partial charge on any atom is 0.293 e. The van der Waals surface area contributed by atoms with E-state index in [4.69, 9.17) is 4.42 Å². The van der Waals surface area contributed by atoms with Crippen molar-refractivity contribution in [2.24, 2.45) is 11.3 Å². The molecule has 1 saturated carbocycles. The highest BCUT2D eigenvalue weighted by molar-refractivity contribution is 7.14. The highest BCUT2D eigenvalue weighted by atomic mass is 32.1. The summed E-state index contributed by atoms with van der Waals surface area (Å²) in [4.78, 5) is 28.6. The molecule has 0 radical (unpaired) electrons. The Labute approximate surface area is 157 Å². The van der Waals surface area contributed by atoms with Crippen molar-refractivity contribution in [3.05, 3.63) is 35.2 Å². The molecule has 0 bridgehead atoms. The number of carbonyl (C=O) groups is 2. The van der Waals surface area contributed by atoms with Crippen molar-refractivity contribution >= 4 is 28.3 Å². The molecule has 2 heterocycles. The number of hydrogen-bond acceptors (Lipinski definition) is 5. The average Bonchev–Trinajstić information content (AvgIpc) is 3.16. The van der Waals surface area contributed by atoms with E-state index in [0.29, 0.717) is 16.7 Å². The summed E-state index contributed by atoms with van der Waals surface area (Å²) < 4.78 is 5.05. The summed E-state index contributed by atoms with van der Waals surface area (Å²) in [5.41, 5.74) is 0.921. The monoisotopic (exact) mass is 375 g/mol. The predicted octanol–water partition coefficient (Wildman–Crippen LogP) is 3.86. The molecule has 2 amide bonds. The Morgan fingerprint density at radius 2 is 2.19 bits per heavy atom. The van der Waals surface area contributed by atoms with Gasteiger partial charge in [-0.05, 0) is 42.7 Å². The van der Waals surface area contributed by atoms with Crippen LogP contribution in [-0.4, -0.2) is 22.8 Å². The molecule has 2 N–H and O–H groups in total. The number of anilines is 1. The molecule has 2 aromatic heterocycles. The van der Waals surface area contributed by atoms with E-state index in [1.165, 1.54) is 24.0 Å². The fourth-order valence-electron chi connectivity index (χ4n) is 3.91. The second kappa shape index (κ2) is 7.61. The van der Waals surface area contributed by atoms with Crippen LogP contribution < -0.4 is 10.6 Å². The van der Waals surface area contributed by atoms with Gasteiger partial charge in [0.1, 0.15) is 0 Å². The molecule has 0 aliphatic heterocycles. The summed E-state index contributed by atoms with van der Waals surface area (Å²) in [5.74, 6) is 0.480. The van der Waals surface area contributed by atoms with Crippen LogP contribution in [0, 0.1) is 11.3 Å². The highest BCUT2D eigenvalue weighted by Crippen LogP contribution is 2.38. The molecule has 140 valence electrons. The summed E-state index contributed by atoms with van der Waals surface area (Å²) in [5, 5.41) is 8.08. The van der Waals surface area contributed by atoms with E-state index in [1.807, 2.05) is 0 Å². The number of amides is 2. The number of nitrogens with one attached hydrogen (secondary N) is 2. The van der Waals surface area contributed by atoms with Gasteiger partial charge in [0.15, 0.2) is 10.9 Å². The van der Waals surface area contributed by atoms with E-state index in [1.54, 1.807) is 17.5 Å². The first-order valence-electron chi connectivity index (χ1n) is 8.89. The lowest BCUT2D eigenvalue weighted by Gasteiger charge is -2.39. The fraction of sp³-hybridized carbons (Fsp3) is 0.526. The molecule has 1 fully saturated rings. The Hall–Kier alpha value is -2.15. The van der Waals surface area contributed by atoms with Crippen molar-refractivity contribution in [3.8, 4) is 0 Å². The first kappa shape index (κ1) is 18.6. The van der Waals surface area contributed by atoms with Crippen LogP contribution >= 0.6 is 11.3 Å². The van der Waals surface area contributed by atoms with Gasteiger partial charge in [-0.15, -0.1) is 11.3 Å². The van der Waals surface area contributed by atoms with Crippen LogP contribution in [0.1, 0.15) is 56.3 Å². The van der Waals surface area contributed by atoms with Crippen molar-refractivity contribution < 1.29 is 14.0 Å². The minimum absolute atomic E-state index is 0.0193. The third kappa shape index (κ3) is 4.94. The van der Waals surface area contributed by atoms with Crippen molar-refractivity contribution in [3.63, 3.8) is 0 Å². The Bertz CT molecular complexity index is 767. The minimum Gasteiger partial charge on any atom is -0.459 e. The average molecular weight is 375 g/mol. The number of aromatic nitrogens is 1. The van der Waals surface area contributed by atoms with E-state index < -0.39 is 0 Å². The maximum atomic E-state index is 12.4. The van der Waals surface area contributed by atoms with Crippen LogP contribution in [0.15, 0.2) is 28.2 Å². The van der Waals surface area contributed by atoms with E-state index >= 15 is 0 Å². The molecule has 0 saturated heterocycles. The van der Waals surface area contributed by atoms with Crippen molar-refractivity contribution in [2.75, 3.05) is 5.32 Å². The van der Waals surface area contributed by atoms with Crippen LogP contribution in [0.4, 0.5) is 5.13 Å². The quantitative estimate of drug-likeness (QED) is 0.831. The molecular formula is C19H25N3O3S. The molecule has 2 aromatic rings. The summed E-state index contributed by atoms with van der Waals surface area (Å²) in [6.07, 6.45) is 4.89. The zero-order chi connectivity index (χ0) is 18.7. The largest absolute Gasteiger partial charge is 0.459 e. The Morgan fingerprint density at radius 3 is 2.88 bits per heavy atom. The van der Waals surface area contributed by atoms with E-state index in [2.05, 4.69) is 36.4 Å². The Morgan fingerprint density at radius 1 is 1.38 bits per heavy atom. The van der Waals surface area contributed by atoms with Crippen molar-refractivity contribution in [1.29, 1.82) is 0 Å².